The molecule has 1 aromatic carbocycles. The van der Waals surface area contributed by atoms with E-state index in [1.165, 1.54) is 11.1 Å². The zero-order valence-corrected chi connectivity index (χ0v) is 19.0. The molecule has 0 saturated heterocycles. The third-order valence-corrected chi connectivity index (χ3v) is 5.79. The number of aliphatic carboxylic acids is 2. The Hall–Kier alpha value is -2.32. The van der Waals surface area contributed by atoms with Gasteiger partial charge in [0.1, 0.15) is 17.6 Å². The summed E-state index contributed by atoms with van der Waals surface area (Å²) in [6.07, 6.45) is -0.264. The Morgan fingerprint density at radius 2 is 1.77 bits per heavy atom. The van der Waals surface area contributed by atoms with Crippen LogP contribution in [0, 0.1) is 26.7 Å². The number of rotatable bonds is 11. The molecule has 164 valence electrons. The van der Waals surface area contributed by atoms with Gasteiger partial charge >= 0.3 is 11.9 Å². The molecule has 2 rings (SSSR count). The van der Waals surface area contributed by atoms with Crippen molar-refractivity contribution in [1.29, 1.82) is 0 Å². The second-order valence-corrected chi connectivity index (χ2v) is 8.88. The number of imidazole rings is 1. The van der Waals surface area contributed by atoms with Crippen molar-refractivity contribution in [1.82, 2.24) is 9.55 Å². The van der Waals surface area contributed by atoms with E-state index in [0.29, 0.717) is 0 Å². The average molecular weight is 435 g/mol. The van der Waals surface area contributed by atoms with E-state index >= 15 is 0 Å². The number of nitrogens with zero attached hydrogens (tertiary/aromatic N) is 2. The Bertz CT molecular complexity index is 887. The van der Waals surface area contributed by atoms with Gasteiger partial charge in [0.2, 0.25) is 0 Å². The third kappa shape index (κ3) is 6.60. The number of hydrogen-bond acceptors (Lipinski definition) is 5. The first-order chi connectivity index (χ1) is 14.1. The fraction of sp³-hybridized carbons (Fsp3) is 0.500. The summed E-state index contributed by atoms with van der Waals surface area (Å²) in [5.41, 5.74) is 3.39. The molecule has 30 heavy (non-hydrogen) atoms. The summed E-state index contributed by atoms with van der Waals surface area (Å²) >= 11 is 1.64. The second-order valence-electron chi connectivity index (χ2n) is 7.82. The van der Waals surface area contributed by atoms with Crippen molar-refractivity contribution in [3.05, 3.63) is 40.8 Å². The van der Waals surface area contributed by atoms with Crippen molar-refractivity contribution in [2.45, 2.75) is 70.0 Å². The van der Waals surface area contributed by atoms with Crippen LogP contribution in [0.25, 0.3) is 0 Å². The van der Waals surface area contributed by atoms with Crippen LogP contribution in [0.4, 0.5) is 0 Å². The van der Waals surface area contributed by atoms with Crippen LogP contribution in [0.1, 0.15) is 55.3 Å². The van der Waals surface area contributed by atoms with Crippen LogP contribution in [0.15, 0.2) is 28.1 Å². The van der Waals surface area contributed by atoms with Gasteiger partial charge in [-0.1, -0.05) is 31.7 Å². The van der Waals surface area contributed by atoms with Crippen LogP contribution >= 0.6 is 11.8 Å². The predicted octanol–water partition coefficient (Wildman–Crippen LogP) is 4.62. The fourth-order valence-electron chi connectivity index (χ4n) is 3.21. The lowest BCUT2D eigenvalue weighted by molar-refractivity contribution is -0.149. The van der Waals surface area contributed by atoms with Crippen LogP contribution in [-0.2, 0) is 21.1 Å². The van der Waals surface area contributed by atoms with Crippen LogP contribution in [0.5, 0.6) is 0 Å². The van der Waals surface area contributed by atoms with Crippen LogP contribution in [-0.4, -0.2) is 38.3 Å². The topological polar surface area (TPSA) is 102 Å². The average Bonchev–Trinajstić information content (AvgIpc) is 2.92. The van der Waals surface area contributed by atoms with E-state index in [1.807, 2.05) is 11.5 Å². The standard InChI is InChI=1S/C22H30N2O5S/c1-13(2)20-21(30-18-9-14(3)8-15(4)10-18)24(16(5)23-20)12-29-7-6-17(22(27)28)11-19(25)26/h8-10,13,17H,6-7,11-12H2,1-5H3,(H,25,26)(H,27,28). The maximum atomic E-state index is 11.2. The van der Waals surface area contributed by atoms with Gasteiger partial charge in [0.15, 0.2) is 0 Å². The van der Waals surface area contributed by atoms with E-state index in [0.717, 1.165) is 21.4 Å². The van der Waals surface area contributed by atoms with Gasteiger partial charge in [0, 0.05) is 11.5 Å². The molecule has 0 aliphatic rings. The summed E-state index contributed by atoms with van der Waals surface area (Å²) < 4.78 is 7.73. The van der Waals surface area contributed by atoms with Crippen molar-refractivity contribution >= 4 is 23.7 Å². The van der Waals surface area contributed by atoms with Crippen LogP contribution in [0.3, 0.4) is 0 Å². The van der Waals surface area contributed by atoms with Gasteiger partial charge in [-0.25, -0.2) is 4.98 Å². The van der Waals surface area contributed by atoms with Gasteiger partial charge < -0.3 is 14.9 Å². The Morgan fingerprint density at radius 3 is 2.30 bits per heavy atom. The first-order valence-electron chi connectivity index (χ1n) is 9.94. The largest absolute Gasteiger partial charge is 0.481 e. The quantitative estimate of drug-likeness (QED) is 0.497. The number of aryl methyl sites for hydroxylation is 3. The summed E-state index contributed by atoms with van der Waals surface area (Å²) in [4.78, 5) is 27.9. The molecule has 0 aliphatic heterocycles. The SMILES string of the molecule is Cc1cc(C)cc(Sc2c(C(C)C)nc(C)n2COCCC(CC(=O)O)C(=O)O)c1. The Balaban J connectivity index is 2.15. The molecule has 0 aliphatic carbocycles. The molecule has 8 heteroatoms. The second kappa shape index (κ2) is 10.6. The van der Waals surface area contributed by atoms with E-state index < -0.39 is 24.3 Å². The maximum Gasteiger partial charge on any atom is 0.307 e. The summed E-state index contributed by atoms with van der Waals surface area (Å²) in [6.45, 7) is 10.7. The summed E-state index contributed by atoms with van der Waals surface area (Å²) in [5.74, 6) is -2.13. The third-order valence-electron chi connectivity index (χ3n) is 4.70. The number of carbonyl (C=O) groups is 2. The highest BCUT2D eigenvalue weighted by Gasteiger charge is 2.22. The molecule has 0 fully saturated rings. The normalized spacial score (nSPS) is 12.3. The number of carboxylic acids is 2. The first kappa shape index (κ1) is 24.0. The number of benzene rings is 1. The number of aromatic nitrogens is 2. The number of ether oxygens (including phenoxy) is 1. The highest BCUT2D eigenvalue weighted by molar-refractivity contribution is 7.99. The predicted molar refractivity (Wildman–Crippen MR) is 115 cm³/mol. The van der Waals surface area contributed by atoms with Crippen molar-refractivity contribution in [2.24, 2.45) is 5.92 Å². The minimum absolute atomic E-state index is 0.145. The van der Waals surface area contributed by atoms with Crippen LogP contribution in [0.2, 0.25) is 0 Å². The zero-order valence-electron chi connectivity index (χ0n) is 18.1. The molecule has 2 N–H and O–H groups in total. The Labute approximate surface area is 181 Å². The summed E-state index contributed by atoms with van der Waals surface area (Å²) in [5, 5.41) is 19.0. The van der Waals surface area contributed by atoms with Gasteiger partial charge in [0.05, 0.1) is 18.0 Å². The van der Waals surface area contributed by atoms with Gasteiger partial charge in [-0.15, -0.1) is 0 Å². The smallest absolute Gasteiger partial charge is 0.307 e. The van der Waals surface area contributed by atoms with Gasteiger partial charge in [-0.05, 0) is 56.4 Å². The molecule has 1 unspecified atom stereocenters. The van der Waals surface area contributed by atoms with Gasteiger partial charge in [-0.3, -0.25) is 14.2 Å². The van der Waals surface area contributed by atoms with E-state index in [1.54, 1.807) is 11.8 Å². The summed E-state index contributed by atoms with van der Waals surface area (Å²) in [6, 6.07) is 6.41. The molecule has 0 amide bonds. The van der Waals surface area contributed by atoms with Crippen molar-refractivity contribution in [3.63, 3.8) is 0 Å². The molecule has 2 aromatic rings. The van der Waals surface area contributed by atoms with E-state index in [4.69, 9.17) is 19.9 Å². The maximum absolute atomic E-state index is 11.2. The molecule has 1 atom stereocenters. The molecule has 0 spiro atoms. The number of hydrogen-bond donors (Lipinski definition) is 2. The lowest BCUT2D eigenvalue weighted by atomic mass is 10.0. The molecular formula is C22H30N2O5S. The Morgan fingerprint density at radius 1 is 1.13 bits per heavy atom. The van der Waals surface area contributed by atoms with Gasteiger partial charge in [0.25, 0.3) is 0 Å². The Kier molecular flexibility index (Phi) is 8.49. The molecular weight excluding hydrogens is 404 g/mol. The molecule has 1 aromatic heterocycles. The molecule has 7 nitrogen and oxygen atoms in total. The van der Waals surface area contributed by atoms with E-state index in [2.05, 4.69) is 45.9 Å². The summed E-state index contributed by atoms with van der Waals surface area (Å²) in [7, 11) is 0. The van der Waals surface area contributed by atoms with Crippen molar-refractivity contribution in [3.8, 4) is 0 Å². The van der Waals surface area contributed by atoms with Gasteiger partial charge in [-0.2, -0.15) is 0 Å². The minimum atomic E-state index is -1.12. The highest BCUT2D eigenvalue weighted by atomic mass is 32.2. The molecule has 0 bridgehead atoms. The molecule has 0 saturated carbocycles. The zero-order chi connectivity index (χ0) is 22.4. The first-order valence-corrected chi connectivity index (χ1v) is 10.8. The van der Waals surface area contributed by atoms with Crippen molar-refractivity contribution < 1.29 is 24.5 Å². The van der Waals surface area contributed by atoms with E-state index in [-0.39, 0.29) is 25.7 Å². The monoisotopic (exact) mass is 434 g/mol. The van der Waals surface area contributed by atoms with Crippen molar-refractivity contribution in [2.75, 3.05) is 6.61 Å². The number of carboxylic acid groups (broad SMARTS) is 2. The minimum Gasteiger partial charge on any atom is -0.481 e. The van der Waals surface area contributed by atoms with E-state index in [9.17, 15) is 9.59 Å². The fourth-order valence-corrected chi connectivity index (χ4v) is 4.61. The van der Waals surface area contributed by atoms with Crippen LogP contribution < -0.4 is 0 Å². The molecule has 0 radical (unpaired) electrons. The highest BCUT2D eigenvalue weighted by Crippen LogP contribution is 2.35. The molecule has 1 heterocycles. The lowest BCUT2D eigenvalue weighted by Gasteiger charge is -2.14. The lowest BCUT2D eigenvalue weighted by Crippen LogP contribution is -2.20.